The topological polar surface area (TPSA) is 47.6 Å². The predicted octanol–water partition coefficient (Wildman–Crippen LogP) is 2.23. The van der Waals surface area contributed by atoms with Gasteiger partial charge in [0.25, 0.3) is 0 Å². The van der Waals surface area contributed by atoms with Crippen molar-refractivity contribution in [1.82, 2.24) is 0 Å². The number of nitrogens with zero attached hydrogens (tertiary/aromatic N) is 2. The molecule has 3 rings (SSSR count). The van der Waals surface area contributed by atoms with Gasteiger partial charge in [0.05, 0.1) is 23.5 Å². The van der Waals surface area contributed by atoms with Crippen molar-refractivity contribution in [3.63, 3.8) is 0 Å². The zero-order chi connectivity index (χ0) is 8.60. The smallest absolute Gasteiger partial charge is 0.0732 e. The Balaban J connectivity index is 2.29. The highest BCUT2D eigenvalue weighted by Crippen LogP contribution is 2.53. The molecule has 2 nitrogen and oxygen atoms in total. The fourth-order valence-electron chi connectivity index (χ4n) is 2.70. The largest absolute Gasteiger partial charge is 0.198 e. The monoisotopic (exact) mass is 160 g/mol. The molecule has 0 aliphatic heterocycles. The summed E-state index contributed by atoms with van der Waals surface area (Å²) < 4.78 is 0. The number of nitriles is 2. The van der Waals surface area contributed by atoms with Gasteiger partial charge in [-0.1, -0.05) is 0 Å². The molecule has 0 aromatic rings. The van der Waals surface area contributed by atoms with Gasteiger partial charge < -0.3 is 0 Å². The van der Waals surface area contributed by atoms with E-state index in [1.807, 2.05) is 0 Å². The Hall–Kier alpha value is -1.02. The molecular weight excluding hydrogens is 148 g/mol. The molecule has 0 saturated heterocycles. The van der Waals surface area contributed by atoms with Gasteiger partial charge in [-0.2, -0.15) is 10.5 Å². The maximum absolute atomic E-state index is 9.07. The Kier molecular flexibility index (Phi) is 1.58. The third-order valence-corrected chi connectivity index (χ3v) is 3.61. The average Bonchev–Trinajstić information content (AvgIpc) is 2.19. The number of rotatable bonds is 0. The van der Waals surface area contributed by atoms with Crippen molar-refractivity contribution in [3.05, 3.63) is 0 Å². The Labute approximate surface area is 72.8 Å². The molecule has 3 aliphatic carbocycles. The van der Waals surface area contributed by atoms with Crippen LogP contribution in [-0.2, 0) is 0 Å². The first kappa shape index (κ1) is 7.62. The first-order chi connectivity index (χ1) is 5.80. The average molecular weight is 160 g/mol. The number of hydrogen-bond donors (Lipinski definition) is 0. The van der Waals surface area contributed by atoms with Crippen molar-refractivity contribution in [2.45, 2.75) is 32.1 Å². The highest BCUT2D eigenvalue weighted by Gasteiger charge is 2.48. The van der Waals surface area contributed by atoms with E-state index in [1.54, 1.807) is 0 Å². The van der Waals surface area contributed by atoms with Crippen molar-refractivity contribution in [2.75, 3.05) is 0 Å². The van der Waals surface area contributed by atoms with Gasteiger partial charge in [0.2, 0.25) is 0 Å². The van der Waals surface area contributed by atoms with Gasteiger partial charge in [-0.05, 0) is 38.0 Å². The minimum Gasteiger partial charge on any atom is -0.198 e. The molecule has 0 radical (unpaired) electrons. The molecule has 0 heterocycles. The minimum absolute atomic E-state index is 0.0231. The van der Waals surface area contributed by atoms with Crippen molar-refractivity contribution in [1.29, 1.82) is 10.5 Å². The van der Waals surface area contributed by atoms with E-state index in [4.69, 9.17) is 10.5 Å². The van der Waals surface area contributed by atoms with Crippen LogP contribution in [0.5, 0.6) is 0 Å². The highest BCUT2D eigenvalue weighted by molar-refractivity contribution is 5.14. The van der Waals surface area contributed by atoms with Crippen LogP contribution < -0.4 is 0 Å². The Bertz CT molecular complexity index is 261. The minimum atomic E-state index is -0.260. The predicted molar refractivity (Wildman–Crippen MR) is 43.7 cm³/mol. The first-order valence-electron chi connectivity index (χ1n) is 4.61. The highest BCUT2D eigenvalue weighted by atomic mass is 14.5. The number of fused-ring (bicyclic) bond motifs is 3. The quantitative estimate of drug-likeness (QED) is 0.545. The summed E-state index contributed by atoms with van der Waals surface area (Å²) in [7, 11) is 0. The van der Waals surface area contributed by atoms with Crippen LogP contribution in [0.3, 0.4) is 0 Å². The van der Waals surface area contributed by atoms with E-state index >= 15 is 0 Å². The molecule has 12 heavy (non-hydrogen) atoms. The number of hydrogen-bond acceptors (Lipinski definition) is 2. The van der Waals surface area contributed by atoms with Crippen molar-refractivity contribution in [2.24, 2.45) is 17.3 Å². The van der Waals surface area contributed by atoms with Crippen LogP contribution in [0.1, 0.15) is 32.1 Å². The summed E-state index contributed by atoms with van der Waals surface area (Å²) >= 11 is 0. The molecular formula is C10H12N2. The van der Waals surface area contributed by atoms with Crippen LogP contribution in [-0.4, -0.2) is 0 Å². The fourth-order valence-corrected chi connectivity index (χ4v) is 2.70. The second-order valence-corrected chi connectivity index (χ2v) is 4.13. The van der Waals surface area contributed by atoms with Crippen molar-refractivity contribution < 1.29 is 0 Å². The van der Waals surface area contributed by atoms with Gasteiger partial charge in [-0.3, -0.25) is 0 Å². The standard InChI is InChI=1S/C10H12N2/c11-6-9-5-8-1-3-10(9,7-12)4-2-8/h8-9H,1-5H2. The van der Waals surface area contributed by atoms with Gasteiger partial charge in [0, 0.05) is 0 Å². The summed E-state index contributed by atoms with van der Waals surface area (Å²) in [4.78, 5) is 0. The van der Waals surface area contributed by atoms with Crippen LogP contribution in [0.2, 0.25) is 0 Å². The summed E-state index contributed by atoms with van der Waals surface area (Å²) in [6.07, 6.45) is 5.25. The van der Waals surface area contributed by atoms with E-state index in [9.17, 15) is 0 Å². The molecule has 3 aliphatic rings. The van der Waals surface area contributed by atoms with Gasteiger partial charge in [-0.15, -0.1) is 0 Å². The zero-order valence-electron chi connectivity index (χ0n) is 7.08. The molecule has 2 bridgehead atoms. The zero-order valence-corrected chi connectivity index (χ0v) is 7.08. The van der Waals surface area contributed by atoms with E-state index < -0.39 is 0 Å². The Morgan fingerprint density at radius 1 is 1.17 bits per heavy atom. The first-order valence-corrected chi connectivity index (χ1v) is 4.61. The molecule has 0 aromatic carbocycles. The van der Waals surface area contributed by atoms with Crippen LogP contribution in [0.4, 0.5) is 0 Å². The fraction of sp³-hybridized carbons (Fsp3) is 0.800. The summed E-state index contributed by atoms with van der Waals surface area (Å²) in [5.74, 6) is 0.764. The summed E-state index contributed by atoms with van der Waals surface area (Å²) in [5, 5.41) is 18.0. The maximum atomic E-state index is 9.07. The molecule has 0 amide bonds. The van der Waals surface area contributed by atoms with Gasteiger partial charge in [0.1, 0.15) is 0 Å². The molecule has 0 N–H and O–H groups in total. The SMILES string of the molecule is N#CC1CC2CCC1(C#N)CC2. The second kappa shape index (κ2) is 2.49. The van der Waals surface area contributed by atoms with E-state index in [0.29, 0.717) is 0 Å². The van der Waals surface area contributed by atoms with Gasteiger partial charge in [0.15, 0.2) is 0 Å². The van der Waals surface area contributed by atoms with Gasteiger partial charge in [-0.25, -0.2) is 0 Å². The third kappa shape index (κ3) is 0.847. The summed E-state index contributed by atoms with van der Waals surface area (Å²) in [6.45, 7) is 0. The van der Waals surface area contributed by atoms with Crippen LogP contribution in [0, 0.1) is 39.9 Å². The van der Waals surface area contributed by atoms with Crippen LogP contribution in [0.15, 0.2) is 0 Å². The van der Waals surface area contributed by atoms with Gasteiger partial charge >= 0.3 is 0 Å². The van der Waals surface area contributed by atoms with E-state index in [0.717, 1.165) is 25.2 Å². The third-order valence-electron chi connectivity index (χ3n) is 3.61. The van der Waals surface area contributed by atoms with E-state index in [-0.39, 0.29) is 11.3 Å². The lowest BCUT2D eigenvalue weighted by molar-refractivity contribution is 0.0732. The normalized spacial score (nSPS) is 44.8. The maximum Gasteiger partial charge on any atom is 0.0732 e. The lowest BCUT2D eigenvalue weighted by Crippen LogP contribution is -2.40. The van der Waals surface area contributed by atoms with E-state index in [2.05, 4.69) is 12.1 Å². The lowest BCUT2D eigenvalue weighted by Gasteiger charge is -2.45. The van der Waals surface area contributed by atoms with Crippen molar-refractivity contribution in [3.8, 4) is 12.1 Å². The van der Waals surface area contributed by atoms with E-state index in [1.165, 1.54) is 12.8 Å². The molecule has 1 unspecified atom stereocenters. The summed E-state index contributed by atoms with van der Waals surface area (Å²) in [5.41, 5.74) is -0.260. The molecule has 2 heteroatoms. The summed E-state index contributed by atoms with van der Waals surface area (Å²) in [6, 6.07) is 4.69. The molecule has 3 fully saturated rings. The Morgan fingerprint density at radius 2 is 1.83 bits per heavy atom. The molecule has 0 aromatic heterocycles. The second-order valence-electron chi connectivity index (χ2n) is 4.13. The van der Waals surface area contributed by atoms with Crippen LogP contribution >= 0.6 is 0 Å². The van der Waals surface area contributed by atoms with Crippen molar-refractivity contribution >= 4 is 0 Å². The molecule has 1 atom stereocenters. The molecule has 3 saturated carbocycles. The molecule has 0 spiro atoms. The van der Waals surface area contributed by atoms with Crippen LogP contribution in [0.25, 0.3) is 0 Å². The molecule has 62 valence electrons. The lowest BCUT2D eigenvalue weighted by atomic mass is 9.56. The Morgan fingerprint density at radius 3 is 2.25 bits per heavy atom.